The molecule has 1 saturated carbocycles. The van der Waals surface area contributed by atoms with Crippen molar-refractivity contribution in [3.8, 4) is 10.6 Å². The van der Waals surface area contributed by atoms with Crippen molar-refractivity contribution in [2.75, 3.05) is 6.54 Å². The Hall–Kier alpha value is -1.48. The zero-order valence-corrected chi connectivity index (χ0v) is 18.2. The van der Waals surface area contributed by atoms with Crippen molar-refractivity contribution < 1.29 is 4.79 Å². The van der Waals surface area contributed by atoms with E-state index in [0.717, 1.165) is 24.1 Å². The van der Waals surface area contributed by atoms with Crippen LogP contribution in [0.2, 0.25) is 0 Å². The fourth-order valence-corrected chi connectivity index (χ4v) is 3.98. The molecular formula is C17H25Cl2N5O2S. The van der Waals surface area contributed by atoms with E-state index in [4.69, 9.17) is 5.73 Å². The van der Waals surface area contributed by atoms with Crippen LogP contribution in [-0.2, 0) is 7.05 Å². The minimum absolute atomic E-state index is 0. The quantitative estimate of drug-likeness (QED) is 0.751. The highest BCUT2D eigenvalue weighted by atomic mass is 35.5. The lowest BCUT2D eigenvalue weighted by molar-refractivity contribution is 0.0937. The van der Waals surface area contributed by atoms with E-state index in [0.29, 0.717) is 33.6 Å². The fraction of sp³-hybridized carbons (Fsp3) is 0.529. The van der Waals surface area contributed by atoms with Gasteiger partial charge in [0.15, 0.2) is 0 Å². The number of nitrogens with zero attached hydrogens (tertiary/aromatic N) is 3. The Bertz CT molecular complexity index is 892. The molecule has 1 amide bonds. The number of hydrogen-bond donors (Lipinski definition) is 2. The lowest BCUT2D eigenvalue weighted by atomic mass is 10.1. The van der Waals surface area contributed by atoms with Gasteiger partial charge in [-0.3, -0.25) is 9.59 Å². The van der Waals surface area contributed by atoms with Gasteiger partial charge in [-0.2, -0.15) is 5.10 Å². The predicted octanol–water partition coefficient (Wildman–Crippen LogP) is 2.14. The van der Waals surface area contributed by atoms with E-state index >= 15 is 0 Å². The van der Waals surface area contributed by atoms with Crippen molar-refractivity contribution in [2.45, 2.75) is 39.7 Å². The maximum atomic E-state index is 12.6. The summed E-state index contributed by atoms with van der Waals surface area (Å²) in [5.41, 5.74) is 8.27. The number of amides is 1. The summed E-state index contributed by atoms with van der Waals surface area (Å²) in [5.74, 6) is 0.322. The number of carbonyl (C=O) groups is 1. The summed E-state index contributed by atoms with van der Waals surface area (Å²) in [4.78, 5) is 30.1. The molecule has 27 heavy (non-hydrogen) atoms. The lowest BCUT2D eigenvalue weighted by Crippen LogP contribution is -2.41. The van der Waals surface area contributed by atoms with E-state index in [9.17, 15) is 9.59 Å². The summed E-state index contributed by atoms with van der Waals surface area (Å²) < 4.78 is 1.31. The zero-order valence-electron chi connectivity index (χ0n) is 15.7. The summed E-state index contributed by atoms with van der Waals surface area (Å²) >= 11 is 1.25. The summed E-state index contributed by atoms with van der Waals surface area (Å²) in [7, 11) is 1.62. The van der Waals surface area contributed by atoms with E-state index < -0.39 is 0 Å². The first-order valence-electron chi connectivity index (χ1n) is 8.36. The molecule has 1 atom stereocenters. The summed E-state index contributed by atoms with van der Waals surface area (Å²) in [6, 6.07) is 0.00947. The van der Waals surface area contributed by atoms with Gasteiger partial charge in [-0.25, -0.2) is 9.67 Å². The van der Waals surface area contributed by atoms with Gasteiger partial charge in [0.25, 0.3) is 11.5 Å². The molecule has 7 nitrogen and oxygen atoms in total. The van der Waals surface area contributed by atoms with Crippen molar-refractivity contribution in [1.29, 1.82) is 0 Å². The van der Waals surface area contributed by atoms with Crippen LogP contribution in [-0.4, -0.2) is 33.3 Å². The Morgan fingerprint density at radius 3 is 2.48 bits per heavy atom. The van der Waals surface area contributed by atoms with E-state index in [1.54, 1.807) is 14.0 Å². The molecule has 0 bridgehead atoms. The van der Waals surface area contributed by atoms with Crippen molar-refractivity contribution in [3.63, 3.8) is 0 Å². The number of thiazole rings is 1. The molecule has 1 aliphatic rings. The molecule has 0 aliphatic heterocycles. The molecule has 1 unspecified atom stereocenters. The number of aryl methyl sites for hydroxylation is 3. The molecule has 0 aromatic carbocycles. The van der Waals surface area contributed by atoms with Gasteiger partial charge in [0.2, 0.25) is 0 Å². The molecule has 0 spiro atoms. The molecule has 10 heteroatoms. The van der Waals surface area contributed by atoms with Crippen LogP contribution in [0.3, 0.4) is 0 Å². The SMILES string of the molecule is Cc1nc(-c2c(C)c(C)nn(C)c2=O)sc1C(=O)NC(CN)C1CC1.Cl.Cl. The van der Waals surface area contributed by atoms with Crippen LogP contribution in [0.4, 0.5) is 0 Å². The summed E-state index contributed by atoms with van der Waals surface area (Å²) in [5, 5.41) is 7.76. The van der Waals surface area contributed by atoms with Crippen LogP contribution < -0.4 is 16.6 Å². The Morgan fingerprint density at radius 2 is 1.93 bits per heavy atom. The van der Waals surface area contributed by atoms with Gasteiger partial charge in [-0.05, 0) is 45.1 Å². The third-order valence-electron chi connectivity index (χ3n) is 4.70. The lowest BCUT2D eigenvalue weighted by Gasteiger charge is -2.15. The molecule has 0 saturated heterocycles. The molecule has 2 aromatic rings. The monoisotopic (exact) mass is 433 g/mol. The highest BCUT2D eigenvalue weighted by Crippen LogP contribution is 2.33. The average molecular weight is 434 g/mol. The van der Waals surface area contributed by atoms with E-state index in [2.05, 4.69) is 15.4 Å². The number of nitrogens with two attached hydrogens (primary N) is 1. The maximum Gasteiger partial charge on any atom is 0.277 e. The van der Waals surface area contributed by atoms with Crippen molar-refractivity contribution in [1.82, 2.24) is 20.1 Å². The Labute approximate surface area is 174 Å². The smallest absolute Gasteiger partial charge is 0.277 e. The van der Waals surface area contributed by atoms with Gasteiger partial charge in [0.1, 0.15) is 9.88 Å². The van der Waals surface area contributed by atoms with Gasteiger partial charge in [-0.15, -0.1) is 36.2 Å². The molecule has 0 radical (unpaired) electrons. The van der Waals surface area contributed by atoms with Crippen LogP contribution >= 0.6 is 36.2 Å². The fourth-order valence-electron chi connectivity index (χ4n) is 2.92. The average Bonchev–Trinajstić information content (AvgIpc) is 3.33. The van der Waals surface area contributed by atoms with Crippen LogP contribution in [0.5, 0.6) is 0 Å². The van der Waals surface area contributed by atoms with E-state index in [1.807, 2.05) is 13.8 Å². The first-order valence-corrected chi connectivity index (χ1v) is 9.18. The molecule has 3 rings (SSSR count). The zero-order chi connectivity index (χ0) is 18.3. The third kappa shape index (κ3) is 4.68. The third-order valence-corrected chi connectivity index (χ3v) is 5.88. The second-order valence-corrected chi connectivity index (χ2v) is 7.60. The first-order chi connectivity index (χ1) is 11.8. The molecular weight excluding hydrogens is 409 g/mol. The number of halogens is 2. The Balaban J connectivity index is 0.00000182. The van der Waals surface area contributed by atoms with Crippen LogP contribution in [0.1, 0.15) is 39.5 Å². The van der Waals surface area contributed by atoms with E-state index in [1.165, 1.54) is 16.0 Å². The molecule has 3 N–H and O–H groups in total. The number of nitrogens with one attached hydrogen (secondary N) is 1. The van der Waals surface area contributed by atoms with Gasteiger partial charge < -0.3 is 11.1 Å². The second-order valence-electron chi connectivity index (χ2n) is 6.60. The second kappa shape index (κ2) is 9.14. The standard InChI is InChI=1S/C17H23N5O2S.2ClH/c1-8-9(2)21-22(4)17(24)13(8)16-19-10(3)14(25-16)15(23)20-12(7-18)11-5-6-11;;/h11-12H,5-7,18H2,1-4H3,(H,20,23);2*1H. The topological polar surface area (TPSA) is 103 Å². The first kappa shape index (κ1) is 23.6. The van der Waals surface area contributed by atoms with Gasteiger partial charge in [0, 0.05) is 19.6 Å². The highest BCUT2D eigenvalue weighted by molar-refractivity contribution is 7.17. The number of rotatable bonds is 5. The Morgan fingerprint density at radius 1 is 1.30 bits per heavy atom. The molecule has 1 fully saturated rings. The number of aromatic nitrogens is 3. The van der Waals surface area contributed by atoms with Gasteiger partial charge in [-0.1, -0.05) is 0 Å². The minimum atomic E-state index is -0.207. The summed E-state index contributed by atoms with van der Waals surface area (Å²) in [6.07, 6.45) is 2.22. The van der Waals surface area contributed by atoms with Gasteiger partial charge in [0.05, 0.1) is 17.0 Å². The normalized spacial score (nSPS) is 14.1. The van der Waals surface area contributed by atoms with Crippen molar-refractivity contribution in [3.05, 3.63) is 32.2 Å². The minimum Gasteiger partial charge on any atom is -0.347 e. The van der Waals surface area contributed by atoms with Crippen LogP contribution in [0.25, 0.3) is 10.6 Å². The van der Waals surface area contributed by atoms with Crippen molar-refractivity contribution >= 4 is 42.1 Å². The Kier molecular flexibility index (Phi) is 7.98. The van der Waals surface area contributed by atoms with E-state index in [-0.39, 0.29) is 42.3 Å². The van der Waals surface area contributed by atoms with Gasteiger partial charge >= 0.3 is 0 Å². The highest BCUT2D eigenvalue weighted by Gasteiger charge is 2.32. The van der Waals surface area contributed by atoms with Crippen molar-refractivity contribution in [2.24, 2.45) is 18.7 Å². The molecule has 2 aromatic heterocycles. The van der Waals surface area contributed by atoms with Crippen LogP contribution in [0.15, 0.2) is 4.79 Å². The molecule has 2 heterocycles. The number of hydrogen-bond acceptors (Lipinski definition) is 6. The largest absolute Gasteiger partial charge is 0.347 e. The predicted molar refractivity (Wildman–Crippen MR) is 112 cm³/mol. The molecule has 150 valence electrons. The maximum absolute atomic E-state index is 12.6. The van der Waals surface area contributed by atoms with Crippen LogP contribution in [0, 0.1) is 26.7 Å². The number of carbonyl (C=O) groups excluding carboxylic acids is 1. The molecule has 1 aliphatic carbocycles. The summed E-state index contributed by atoms with van der Waals surface area (Å²) in [6.45, 7) is 5.93.